The molecule has 0 radical (unpaired) electrons. The third-order valence-corrected chi connectivity index (χ3v) is 2.13. The third-order valence-electron chi connectivity index (χ3n) is 2.13. The SMILES string of the molecule is C=CCNc1c([N+](=O)[O-])c(C)nn1CCC. The smallest absolute Gasteiger partial charge is 0.333 e. The van der Waals surface area contributed by atoms with Crippen molar-refractivity contribution >= 4 is 11.5 Å². The largest absolute Gasteiger partial charge is 0.361 e. The molecule has 0 unspecified atom stereocenters. The first-order valence-electron chi connectivity index (χ1n) is 5.18. The van der Waals surface area contributed by atoms with Crippen LogP contribution in [0.3, 0.4) is 0 Å². The van der Waals surface area contributed by atoms with E-state index in [-0.39, 0.29) is 5.69 Å². The molecule has 0 fully saturated rings. The van der Waals surface area contributed by atoms with Gasteiger partial charge in [-0.3, -0.25) is 10.1 Å². The van der Waals surface area contributed by atoms with E-state index in [1.165, 1.54) is 0 Å². The number of aryl methyl sites for hydroxylation is 2. The van der Waals surface area contributed by atoms with Gasteiger partial charge in [-0.25, -0.2) is 4.68 Å². The molecule has 88 valence electrons. The molecule has 1 heterocycles. The highest BCUT2D eigenvalue weighted by Gasteiger charge is 2.24. The Hall–Kier alpha value is -1.85. The molecule has 0 saturated carbocycles. The van der Waals surface area contributed by atoms with Crippen LogP contribution < -0.4 is 5.32 Å². The lowest BCUT2D eigenvalue weighted by molar-refractivity contribution is -0.384. The highest BCUT2D eigenvalue weighted by Crippen LogP contribution is 2.28. The minimum Gasteiger partial charge on any atom is -0.361 e. The van der Waals surface area contributed by atoms with Gasteiger partial charge in [-0.15, -0.1) is 6.58 Å². The molecule has 6 nitrogen and oxygen atoms in total. The molecular weight excluding hydrogens is 208 g/mol. The molecule has 0 spiro atoms. The van der Waals surface area contributed by atoms with Crippen molar-refractivity contribution in [1.29, 1.82) is 0 Å². The summed E-state index contributed by atoms with van der Waals surface area (Å²) in [5, 5.41) is 18.0. The Morgan fingerprint density at radius 3 is 2.88 bits per heavy atom. The van der Waals surface area contributed by atoms with Gasteiger partial charge in [-0.05, 0) is 13.3 Å². The van der Waals surface area contributed by atoms with Crippen molar-refractivity contribution in [3.05, 3.63) is 28.5 Å². The summed E-state index contributed by atoms with van der Waals surface area (Å²) in [6.07, 6.45) is 2.53. The van der Waals surface area contributed by atoms with Gasteiger partial charge in [-0.1, -0.05) is 13.0 Å². The van der Waals surface area contributed by atoms with E-state index < -0.39 is 4.92 Å². The van der Waals surface area contributed by atoms with Crippen molar-refractivity contribution < 1.29 is 4.92 Å². The van der Waals surface area contributed by atoms with Gasteiger partial charge in [-0.2, -0.15) is 5.10 Å². The maximum absolute atomic E-state index is 10.9. The number of hydrogen-bond donors (Lipinski definition) is 1. The molecule has 0 aliphatic heterocycles. The molecule has 0 aliphatic rings. The number of rotatable bonds is 6. The summed E-state index contributed by atoms with van der Waals surface area (Å²) >= 11 is 0. The van der Waals surface area contributed by atoms with Crippen molar-refractivity contribution in [3.8, 4) is 0 Å². The number of anilines is 1. The van der Waals surface area contributed by atoms with Crippen LogP contribution >= 0.6 is 0 Å². The summed E-state index contributed by atoms with van der Waals surface area (Å²) in [5.74, 6) is 0.462. The molecule has 0 saturated heterocycles. The average molecular weight is 224 g/mol. The lowest BCUT2D eigenvalue weighted by atomic mass is 10.4. The molecule has 0 amide bonds. The fourth-order valence-electron chi connectivity index (χ4n) is 1.51. The topological polar surface area (TPSA) is 73.0 Å². The summed E-state index contributed by atoms with van der Waals surface area (Å²) < 4.78 is 1.64. The Labute approximate surface area is 94.1 Å². The van der Waals surface area contributed by atoms with E-state index in [1.807, 2.05) is 6.92 Å². The van der Waals surface area contributed by atoms with E-state index in [1.54, 1.807) is 17.7 Å². The van der Waals surface area contributed by atoms with Gasteiger partial charge in [0.25, 0.3) is 0 Å². The molecule has 1 N–H and O–H groups in total. The Morgan fingerprint density at radius 1 is 1.69 bits per heavy atom. The molecule has 1 aromatic rings. The summed E-state index contributed by atoms with van der Waals surface area (Å²) in [6.45, 7) is 8.36. The van der Waals surface area contributed by atoms with Crippen LogP contribution in [0.5, 0.6) is 0 Å². The lowest BCUT2D eigenvalue weighted by Crippen LogP contribution is -2.08. The van der Waals surface area contributed by atoms with Crippen LogP contribution in [-0.4, -0.2) is 21.2 Å². The summed E-state index contributed by atoms with van der Waals surface area (Å²) in [7, 11) is 0. The first-order chi connectivity index (χ1) is 7.61. The van der Waals surface area contributed by atoms with Gasteiger partial charge in [0.1, 0.15) is 5.69 Å². The predicted octanol–water partition coefficient (Wildman–Crippen LogP) is 2.11. The second-order valence-corrected chi connectivity index (χ2v) is 3.43. The maximum atomic E-state index is 10.9. The van der Waals surface area contributed by atoms with Crippen molar-refractivity contribution in [2.24, 2.45) is 0 Å². The maximum Gasteiger partial charge on any atom is 0.333 e. The molecular formula is C10H16N4O2. The van der Waals surface area contributed by atoms with Gasteiger partial charge in [0.2, 0.25) is 5.82 Å². The molecule has 0 atom stereocenters. The summed E-state index contributed by atoms with van der Waals surface area (Å²) in [4.78, 5) is 10.5. The van der Waals surface area contributed by atoms with Gasteiger partial charge in [0.15, 0.2) is 0 Å². The van der Waals surface area contributed by atoms with Gasteiger partial charge < -0.3 is 5.32 Å². The molecule has 6 heteroatoms. The minimum absolute atomic E-state index is 0.0512. The van der Waals surface area contributed by atoms with E-state index in [2.05, 4.69) is 17.0 Å². The number of nitro groups is 1. The van der Waals surface area contributed by atoms with Gasteiger partial charge in [0.05, 0.1) is 4.92 Å². The Kier molecular flexibility index (Phi) is 4.04. The number of aromatic nitrogens is 2. The first kappa shape index (κ1) is 12.2. The predicted molar refractivity (Wildman–Crippen MR) is 62.6 cm³/mol. The zero-order valence-corrected chi connectivity index (χ0v) is 9.56. The third kappa shape index (κ3) is 2.39. The molecule has 0 aromatic carbocycles. The zero-order valence-electron chi connectivity index (χ0n) is 9.56. The average Bonchev–Trinajstić information content (AvgIpc) is 2.52. The quantitative estimate of drug-likeness (QED) is 0.456. The highest BCUT2D eigenvalue weighted by atomic mass is 16.6. The first-order valence-corrected chi connectivity index (χ1v) is 5.18. The molecule has 0 aliphatic carbocycles. The van der Waals surface area contributed by atoms with E-state index >= 15 is 0 Å². The van der Waals surface area contributed by atoms with E-state index in [0.29, 0.717) is 24.6 Å². The second-order valence-electron chi connectivity index (χ2n) is 3.43. The highest BCUT2D eigenvalue weighted by molar-refractivity contribution is 5.59. The normalized spacial score (nSPS) is 10.1. The van der Waals surface area contributed by atoms with E-state index in [0.717, 1.165) is 6.42 Å². The van der Waals surface area contributed by atoms with Gasteiger partial charge >= 0.3 is 5.69 Å². The van der Waals surface area contributed by atoms with Crippen molar-refractivity contribution in [1.82, 2.24) is 9.78 Å². The van der Waals surface area contributed by atoms with E-state index in [9.17, 15) is 10.1 Å². The fraction of sp³-hybridized carbons (Fsp3) is 0.500. The lowest BCUT2D eigenvalue weighted by Gasteiger charge is -2.05. The Morgan fingerprint density at radius 2 is 2.38 bits per heavy atom. The van der Waals surface area contributed by atoms with Crippen LogP contribution in [0.2, 0.25) is 0 Å². The van der Waals surface area contributed by atoms with Crippen LogP contribution in [0.1, 0.15) is 19.0 Å². The van der Waals surface area contributed by atoms with E-state index in [4.69, 9.17) is 0 Å². The van der Waals surface area contributed by atoms with Crippen LogP contribution in [0.4, 0.5) is 11.5 Å². The minimum atomic E-state index is -0.403. The van der Waals surface area contributed by atoms with Crippen molar-refractivity contribution in [2.45, 2.75) is 26.8 Å². The van der Waals surface area contributed by atoms with Crippen LogP contribution in [0, 0.1) is 17.0 Å². The zero-order chi connectivity index (χ0) is 12.1. The molecule has 1 aromatic heterocycles. The van der Waals surface area contributed by atoms with Crippen LogP contribution in [-0.2, 0) is 6.54 Å². The summed E-state index contributed by atoms with van der Waals surface area (Å²) in [6, 6.07) is 0. The monoisotopic (exact) mass is 224 g/mol. The number of nitrogens with zero attached hydrogens (tertiary/aromatic N) is 3. The standard InChI is InChI=1S/C10H16N4O2/c1-4-6-11-10-9(14(15)16)8(3)12-13(10)7-5-2/h4,11H,1,5-7H2,2-3H3. The molecule has 16 heavy (non-hydrogen) atoms. The Bertz CT molecular complexity index is 398. The second kappa shape index (κ2) is 5.29. The molecule has 0 bridgehead atoms. The van der Waals surface area contributed by atoms with Crippen LogP contribution in [0.15, 0.2) is 12.7 Å². The van der Waals surface area contributed by atoms with Crippen LogP contribution in [0.25, 0.3) is 0 Å². The van der Waals surface area contributed by atoms with Gasteiger partial charge in [0, 0.05) is 13.1 Å². The van der Waals surface area contributed by atoms with Crippen molar-refractivity contribution in [2.75, 3.05) is 11.9 Å². The fourth-order valence-corrected chi connectivity index (χ4v) is 1.51. The number of nitrogens with one attached hydrogen (secondary N) is 1. The summed E-state index contributed by atoms with van der Waals surface area (Å²) in [5.41, 5.74) is 0.486. The Balaban J connectivity index is 3.13. The number of hydrogen-bond acceptors (Lipinski definition) is 4. The van der Waals surface area contributed by atoms with Crippen molar-refractivity contribution in [3.63, 3.8) is 0 Å². The molecule has 1 rings (SSSR count).